The number of anilines is 1. The minimum Gasteiger partial charge on any atom is -0.354 e. The molecule has 0 aromatic heterocycles. The Hall–Kier alpha value is -3.72. The lowest BCUT2D eigenvalue weighted by atomic mass is 9.48. The minimum atomic E-state index is -3.90. The van der Waals surface area contributed by atoms with E-state index in [1.165, 1.54) is 55.1 Å². The van der Waals surface area contributed by atoms with Crippen molar-refractivity contribution in [2.75, 3.05) is 23.7 Å². The Morgan fingerprint density at radius 2 is 1.50 bits per heavy atom. The van der Waals surface area contributed by atoms with Gasteiger partial charge in [0.15, 0.2) is 0 Å². The Labute approximate surface area is 285 Å². The van der Waals surface area contributed by atoms with Gasteiger partial charge in [-0.05, 0) is 97.4 Å². The van der Waals surface area contributed by atoms with Gasteiger partial charge in [0.25, 0.3) is 0 Å². The van der Waals surface area contributed by atoms with Crippen molar-refractivity contribution in [3.05, 3.63) is 101 Å². The zero-order valence-corrected chi connectivity index (χ0v) is 28.9. The molecule has 0 unspecified atom stereocenters. The highest BCUT2D eigenvalue weighted by Gasteiger charge is 2.51. The van der Waals surface area contributed by atoms with E-state index in [2.05, 4.69) is 17.4 Å². The number of halogens is 1. The number of nitrogens with one attached hydrogen (secondary N) is 1. The van der Waals surface area contributed by atoms with Gasteiger partial charge in [-0.15, -0.1) is 0 Å². The molecule has 4 saturated carbocycles. The number of carbonyl (C=O) groups excluding carboxylic acids is 2. The van der Waals surface area contributed by atoms with Crippen LogP contribution in [0.4, 0.5) is 10.1 Å². The van der Waals surface area contributed by atoms with Gasteiger partial charge in [0.05, 0.1) is 11.9 Å². The van der Waals surface area contributed by atoms with Crippen molar-refractivity contribution < 1.29 is 22.4 Å². The fraction of sp³-hybridized carbons (Fsp3) is 0.487. The van der Waals surface area contributed by atoms with Crippen LogP contribution in [-0.2, 0) is 38.0 Å². The second kappa shape index (κ2) is 14.4. The first-order chi connectivity index (χ1) is 23.0. The highest BCUT2D eigenvalue weighted by molar-refractivity contribution is 7.92. The number of hydrogen-bond acceptors (Lipinski definition) is 4. The van der Waals surface area contributed by atoms with Crippen LogP contribution in [0.1, 0.15) is 75.0 Å². The third-order valence-electron chi connectivity index (χ3n) is 10.9. The molecule has 1 N–H and O–H groups in total. The van der Waals surface area contributed by atoms with Crippen molar-refractivity contribution >= 4 is 27.5 Å². The van der Waals surface area contributed by atoms with Crippen LogP contribution in [0.25, 0.3) is 0 Å². The van der Waals surface area contributed by atoms with Crippen LogP contribution in [-0.4, -0.2) is 50.5 Å². The SMILES string of the molecule is CCCCNC(=O)[C@H](Cc1ccccc1)N(Cc1ccccc1F)C(=O)CN(c1ccc(C23CC4CC(CC(C4)C2)C3)cc1)S(C)(=O)=O. The Morgan fingerprint density at radius 3 is 2.08 bits per heavy atom. The third kappa shape index (κ3) is 7.61. The summed E-state index contributed by atoms with van der Waals surface area (Å²) in [4.78, 5) is 29.5. The summed E-state index contributed by atoms with van der Waals surface area (Å²) in [5.41, 5.74) is 2.90. The van der Waals surface area contributed by atoms with E-state index in [0.29, 0.717) is 12.2 Å². The average Bonchev–Trinajstić information content (AvgIpc) is 3.05. The number of nitrogens with zero attached hydrogens (tertiary/aromatic N) is 2. The van der Waals surface area contributed by atoms with Crippen LogP contribution in [0.15, 0.2) is 78.9 Å². The maximum atomic E-state index is 15.0. The summed E-state index contributed by atoms with van der Waals surface area (Å²) in [6.45, 7) is 1.76. The van der Waals surface area contributed by atoms with Gasteiger partial charge in [-0.2, -0.15) is 0 Å². The first-order valence-corrected chi connectivity index (χ1v) is 19.3. The molecule has 0 spiro atoms. The topological polar surface area (TPSA) is 86.8 Å². The predicted octanol–water partition coefficient (Wildman–Crippen LogP) is 6.62. The van der Waals surface area contributed by atoms with E-state index in [9.17, 15) is 18.0 Å². The van der Waals surface area contributed by atoms with Gasteiger partial charge in [-0.3, -0.25) is 13.9 Å². The Bertz CT molecular complexity index is 1660. The molecule has 0 radical (unpaired) electrons. The Kier molecular flexibility index (Phi) is 10.3. The zero-order valence-electron chi connectivity index (χ0n) is 28.1. The summed E-state index contributed by atoms with van der Waals surface area (Å²) < 4.78 is 42.7. The summed E-state index contributed by atoms with van der Waals surface area (Å²) in [6.07, 6.45) is 10.5. The van der Waals surface area contributed by atoms with E-state index < -0.39 is 34.3 Å². The molecule has 4 fully saturated rings. The van der Waals surface area contributed by atoms with E-state index in [-0.39, 0.29) is 29.9 Å². The van der Waals surface area contributed by atoms with E-state index in [1.807, 2.05) is 49.4 Å². The summed E-state index contributed by atoms with van der Waals surface area (Å²) >= 11 is 0. The largest absolute Gasteiger partial charge is 0.354 e. The second-order valence-corrected chi connectivity index (χ2v) is 16.4. The predicted molar refractivity (Wildman–Crippen MR) is 187 cm³/mol. The number of benzene rings is 3. The van der Waals surface area contributed by atoms with Crippen LogP contribution < -0.4 is 9.62 Å². The van der Waals surface area contributed by atoms with E-state index in [1.54, 1.807) is 18.2 Å². The molecule has 1 atom stereocenters. The summed E-state index contributed by atoms with van der Waals surface area (Å²) in [7, 11) is -3.90. The zero-order chi connectivity index (χ0) is 33.9. The lowest BCUT2D eigenvalue weighted by Gasteiger charge is -2.57. The van der Waals surface area contributed by atoms with Crippen molar-refractivity contribution in [2.45, 2.75) is 82.7 Å². The first kappa shape index (κ1) is 34.2. The molecule has 7 rings (SSSR count). The number of rotatable bonds is 14. The lowest BCUT2D eigenvalue weighted by Crippen LogP contribution is -2.53. The van der Waals surface area contributed by atoms with Crippen molar-refractivity contribution in [2.24, 2.45) is 17.8 Å². The molecule has 4 bridgehead atoms. The molecular weight excluding hydrogens is 626 g/mol. The monoisotopic (exact) mass is 673 g/mol. The number of carbonyl (C=O) groups is 2. The molecule has 48 heavy (non-hydrogen) atoms. The number of unbranched alkanes of at least 4 members (excludes halogenated alkanes) is 1. The molecule has 0 aliphatic heterocycles. The van der Waals surface area contributed by atoms with E-state index in [4.69, 9.17) is 0 Å². The molecule has 0 heterocycles. The quantitative estimate of drug-likeness (QED) is 0.195. The summed E-state index contributed by atoms with van der Waals surface area (Å²) in [5, 5.41) is 2.96. The van der Waals surface area contributed by atoms with E-state index >= 15 is 4.39 Å². The molecule has 9 heteroatoms. The van der Waals surface area contributed by atoms with Gasteiger partial charge in [-0.25, -0.2) is 12.8 Å². The number of sulfonamides is 1. The number of amides is 2. The lowest BCUT2D eigenvalue weighted by molar-refractivity contribution is -0.140. The van der Waals surface area contributed by atoms with Gasteiger partial charge in [0.2, 0.25) is 21.8 Å². The van der Waals surface area contributed by atoms with Gasteiger partial charge in [-0.1, -0.05) is 74.0 Å². The molecule has 2 amide bonds. The maximum Gasteiger partial charge on any atom is 0.244 e. The van der Waals surface area contributed by atoms with Gasteiger partial charge >= 0.3 is 0 Å². The van der Waals surface area contributed by atoms with Gasteiger partial charge in [0, 0.05) is 25.1 Å². The standard InChI is InChI=1S/C39H48FN3O4S/c1-3-4-18-41-38(45)36(22-28-10-6-5-7-11-28)42(26-32-12-8-9-13-35(32)40)37(44)27-43(48(2,46)47)34-16-14-33(15-17-34)39-23-29-19-30(24-39)21-31(20-29)25-39/h5-17,29-31,36H,3-4,18-27H2,1-2H3,(H,41,45)/t29?,30?,31?,36-,39?/m0/s1. The Morgan fingerprint density at radius 1 is 0.896 bits per heavy atom. The molecule has 7 nitrogen and oxygen atoms in total. The molecule has 4 aliphatic rings. The summed E-state index contributed by atoms with van der Waals surface area (Å²) in [6, 6.07) is 22.3. The molecule has 0 saturated heterocycles. The fourth-order valence-electron chi connectivity index (χ4n) is 8.93. The van der Waals surface area contributed by atoms with Crippen LogP contribution in [0.2, 0.25) is 0 Å². The highest BCUT2D eigenvalue weighted by Crippen LogP contribution is 2.60. The maximum absolute atomic E-state index is 15.0. The van der Waals surface area contributed by atoms with Crippen LogP contribution in [0, 0.1) is 23.6 Å². The third-order valence-corrected chi connectivity index (χ3v) is 12.0. The van der Waals surface area contributed by atoms with Crippen molar-refractivity contribution in [3.63, 3.8) is 0 Å². The molecular formula is C39H48FN3O4S. The average molecular weight is 674 g/mol. The summed E-state index contributed by atoms with van der Waals surface area (Å²) in [5.74, 6) is 0.905. The smallest absolute Gasteiger partial charge is 0.244 e. The van der Waals surface area contributed by atoms with Gasteiger partial charge < -0.3 is 10.2 Å². The second-order valence-electron chi connectivity index (χ2n) is 14.5. The minimum absolute atomic E-state index is 0.158. The van der Waals surface area contributed by atoms with Crippen molar-refractivity contribution in [3.8, 4) is 0 Å². The molecule has 3 aromatic rings. The van der Waals surface area contributed by atoms with Crippen molar-refractivity contribution in [1.82, 2.24) is 10.2 Å². The first-order valence-electron chi connectivity index (χ1n) is 17.5. The van der Waals surface area contributed by atoms with Crippen molar-refractivity contribution in [1.29, 1.82) is 0 Å². The van der Waals surface area contributed by atoms with E-state index in [0.717, 1.165) is 46.7 Å². The van der Waals surface area contributed by atoms with Crippen LogP contribution in [0.5, 0.6) is 0 Å². The normalized spacial score (nSPS) is 23.4. The van der Waals surface area contributed by atoms with Gasteiger partial charge in [0.1, 0.15) is 18.4 Å². The Balaban J connectivity index is 1.30. The highest BCUT2D eigenvalue weighted by atomic mass is 32.2. The molecule has 3 aromatic carbocycles. The fourth-order valence-corrected chi connectivity index (χ4v) is 9.78. The molecule has 4 aliphatic carbocycles. The molecule has 256 valence electrons. The van der Waals surface area contributed by atoms with Crippen LogP contribution >= 0.6 is 0 Å². The van der Waals surface area contributed by atoms with Crippen LogP contribution in [0.3, 0.4) is 0 Å². The number of hydrogen-bond donors (Lipinski definition) is 1.